The third-order valence-electron chi connectivity index (χ3n) is 7.23. The van der Waals surface area contributed by atoms with E-state index in [0.717, 1.165) is 38.4 Å². The molecule has 1 aliphatic rings. The van der Waals surface area contributed by atoms with Gasteiger partial charge < -0.3 is 5.11 Å². The van der Waals surface area contributed by atoms with Crippen LogP contribution in [0.3, 0.4) is 0 Å². The summed E-state index contributed by atoms with van der Waals surface area (Å²) in [5.74, 6) is 0.0618. The van der Waals surface area contributed by atoms with Crippen molar-refractivity contribution in [2.24, 2.45) is 4.99 Å². The molecule has 1 N–H and O–H groups in total. The van der Waals surface area contributed by atoms with Crippen LogP contribution in [0.5, 0.6) is 0 Å². The number of allylic oxidation sites excluding steroid dienone is 2. The van der Waals surface area contributed by atoms with Gasteiger partial charge in [-0.05, 0) is 57.1 Å². The second kappa shape index (κ2) is 9.87. The maximum absolute atomic E-state index is 13.6. The number of rotatable bonds is 4. The van der Waals surface area contributed by atoms with Crippen LogP contribution in [0.4, 0.5) is 5.69 Å². The molecule has 37 heavy (non-hydrogen) atoms. The van der Waals surface area contributed by atoms with Crippen molar-refractivity contribution in [2.75, 3.05) is 0 Å². The van der Waals surface area contributed by atoms with Crippen molar-refractivity contribution in [2.45, 2.75) is 25.2 Å². The Hall–Kier alpha value is -4.50. The molecule has 0 heterocycles. The Kier molecular flexibility index (Phi) is 6.11. The molecule has 0 saturated heterocycles. The molecule has 1 aliphatic carbocycles. The van der Waals surface area contributed by atoms with Crippen LogP contribution in [-0.2, 0) is 11.2 Å². The summed E-state index contributed by atoms with van der Waals surface area (Å²) >= 11 is 0. The van der Waals surface area contributed by atoms with Crippen molar-refractivity contribution in [3.8, 4) is 0 Å². The van der Waals surface area contributed by atoms with Crippen molar-refractivity contribution in [1.82, 2.24) is 0 Å². The first-order valence-electron chi connectivity index (χ1n) is 12.7. The Morgan fingerprint density at radius 2 is 1.43 bits per heavy atom. The van der Waals surface area contributed by atoms with Gasteiger partial charge >= 0.3 is 0 Å². The molecule has 3 nitrogen and oxygen atoms in total. The number of hydrogen-bond donors (Lipinski definition) is 1. The molecular weight excluding hydrogens is 454 g/mol. The number of aliphatic hydroxyl groups is 1. The number of aliphatic hydroxyl groups excluding tert-OH is 1. The Balaban J connectivity index is 1.44. The van der Waals surface area contributed by atoms with E-state index in [2.05, 4.69) is 42.5 Å². The number of Topliss-reactive ketones (excluding diaryl/α,β-unsaturated/α-hetero) is 1. The van der Waals surface area contributed by atoms with E-state index in [1.165, 1.54) is 0 Å². The van der Waals surface area contributed by atoms with Gasteiger partial charge in [-0.25, -0.2) is 0 Å². The summed E-state index contributed by atoms with van der Waals surface area (Å²) in [6.45, 7) is 0. The number of ketones is 1. The molecule has 0 amide bonds. The topological polar surface area (TPSA) is 49.7 Å². The Labute approximate surface area is 216 Å². The van der Waals surface area contributed by atoms with Crippen LogP contribution in [0.25, 0.3) is 21.5 Å². The summed E-state index contributed by atoms with van der Waals surface area (Å²) in [6.07, 6.45) is 1.24. The normalized spacial score (nSPS) is 18.4. The SMILES string of the molecule is O=C1CC(c2ccccc2)CC(=Nc2ccc3ccccc3c2)C1=C(O)Cc1cccc2ccccc12. The van der Waals surface area contributed by atoms with Gasteiger partial charge in [0.1, 0.15) is 5.76 Å². The smallest absolute Gasteiger partial charge is 0.168 e. The van der Waals surface area contributed by atoms with E-state index in [1.807, 2.05) is 72.8 Å². The lowest BCUT2D eigenvalue weighted by Gasteiger charge is -2.26. The van der Waals surface area contributed by atoms with Crippen LogP contribution in [0.15, 0.2) is 132 Å². The standard InChI is InChI=1S/C34H27NO2/c36-32(21-27-15-8-14-25-12-6-7-16-30(25)27)34-31(20-28(22-33(34)37)23-9-2-1-3-10-23)35-29-18-17-24-11-4-5-13-26(24)19-29/h1-19,28,36H,20-22H2. The zero-order chi connectivity index (χ0) is 25.2. The first kappa shape index (κ1) is 22.9. The second-order valence-corrected chi connectivity index (χ2v) is 9.67. The predicted molar refractivity (Wildman–Crippen MR) is 152 cm³/mol. The minimum atomic E-state index is -0.0580. The van der Waals surface area contributed by atoms with Gasteiger partial charge in [0.15, 0.2) is 5.78 Å². The predicted octanol–water partition coefficient (Wildman–Crippen LogP) is 8.27. The van der Waals surface area contributed by atoms with Crippen LogP contribution < -0.4 is 0 Å². The molecule has 0 aliphatic heterocycles. The number of carbonyl (C=O) groups excluding carboxylic acids is 1. The van der Waals surface area contributed by atoms with Gasteiger partial charge in [0.05, 0.1) is 17.0 Å². The zero-order valence-corrected chi connectivity index (χ0v) is 20.5. The van der Waals surface area contributed by atoms with Gasteiger partial charge in [-0.2, -0.15) is 0 Å². The number of nitrogens with zero attached hydrogens (tertiary/aromatic N) is 1. The fourth-order valence-electron chi connectivity index (χ4n) is 5.40. The lowest BCUT2D eigenvalue weighted by molar-refractivity contribution is -0.115. The molecule has 6 rings (SSSR count). The van der Waals surface area contributed by atoms with Gasteiger partial charge in [0, 0.05) is 12.8 Å². The van der Waals surface area contributed by atoms with E-state index in [9.17, 15) is 9.90 Å². The third-order valence-corrected chi connectivity index (χ3v) is 7.23. The maximum atomic E-state index is 13.6. The lowest BCUT2D eigenvalue weighted by atomic mass is 9.78. The van der Waals surface area contributed by atoms with Crippen molar-refractivity contribution in [1.29, 1.82) is 0 Å². The van der Waals surface area contributed by atoms with Gasteiger partial charge in [-0.3, -0.25) is 9.79 Å². The van der Waals surface area contributed by atoms with Crippen LogP contribution in [0.1, 0.15) is 29.9 Å². The fraction of sp³-hybridized carbons (Fsp3) is 0.118. The van der Waals surface area contributed by atoms with Crippen molar-refractivity contribution in [3.05, 3.63) is 138 Å². The highest BCUT2D eigenvalue weighted by atomic mass is 16.3. The molecule has 1 atom stereocenters. The van der Waals surface area contributed by atoms with E-state index in [-0.39, 0.29) is 23.9 Å². The van der Waals surface area contributed by atoms with Gasteiger partial charge in [-0.15, -0.1) is 0 Å². The quantitative estimate of drug-likeness (QED) is 0.207. The molecule has 3 heteroatoms. The number of benzene rings is 5. The first-order chi connectivity index (χ1) is 18.2. The van der Waals surface area contributed by atoms with Gasteiger partial charge in [0.2, 0.25) is 0 Å². The van der Waals surface area contributed by atoms with E-state index in [0.29, 0.717) is 24.1 Å². The van der Waals surface area contributed by atoms with E-state index >= 15 is 0 Å². The van der Waals surface area contributed by atoms with E-state index in [4.69, 9.17) is 4.99 Å². The molecule has 0 spiro atoms. The minimum Gasteiger partial charge on any atom is -0.511 e. The number of fused-ring (bicyclic) bond motifs is 2. The highest BCUT2D eigenvalue weighted by Crippen LogP contribution is 2.35. The molecule has 5 aromatic rings. The number of carbonyl (C=O) groups is 1. The largest absolute Gasteiger partial charge is 0.511 e. The summed E-state index contributed by atoms with van der Waals surface area (Å²) in [5.41, 5.74) is 3.91. The van der Waals surface area contributed by atoms with Crippen LogP contribution in [0.2, 0.25) is 0 Å². The Morgan fingerprint density at radius 3 is 2.27 bits per heavy atom. The van der Waals surface area contributed by atoms with Crippen LogP contribution in [-0.4, -0.2) is 16.6 Å². The summed E-state index contributed by atoms with van der Waals surface area (Å²) in [6, 6.07) is 38.5. The highest BCUT2D eigenvalue weighted by Gasteiger charge is 2.32. The van der Waals surface area contributed by atoms with E-state index < -0.39 is 0 Å². The monoisotopic (exact) mass is 481 g/mol. The van der Waals surface area contributed by atoms with Crippen LogP contribution >= 0.6 is 0 Å². The molecule has 5 aromatic carbocycles. The fourth-order valence-corrected chi connectivity index (χ4v) is 5.40. The summed E-state index contributed by atoms with van der Waals surface area (Å²) in [5, 5.41) is 15.8. The van der Waals surface area contributed by atoms with Gasteiger partial charge in [0.25, 0.3) is 0 Å². The van der Waals surface area contributed by atoms with Crippen LogP contribution in [0, 0.1) is 0 Å². The Morgan fingerprint density at radius 1 is 0.730 bits per heavy atom. The molecular formula is C34H27NO2. The van der Waals surface area contributed by atoms with E-state index in [1.54, 1.807) is 0 Å². The van der Waals surface area contributed by atoms with Crippen molar-refractivity contribution >= 4 is 38.7 Å². The summed E-state index contributed by atoms with van der Waals surface area (Å²) in [4.78, 5) is 18.6. The van der Waals surface area contributed by atoms with Gasteiger partial charge in [-0.1, -0.05) is 103 Å². The number of hydrogen-bond acceptors (Lipinski definition) is 3. The molecule has 1 fully saturated rings. The minimum absolute atomic E-state index is 0.0296. The second-order valence-electron chi connectivity index (χ2n) is 9.67. The maximum Gasteiger partial charge on any atom is 0.168 e. The lowest BCUT2D eigenvalue weighted by Crippen LogP contribution is -2.27. The first-order valence-corrected chi connectivity index (χ1v) is 12.7. The van der Waals surface area contributed by atoms with Crippen molar-refractivity contribution in [3.63, 3.8) is 0 Å². The third kappa shape index (κ3) is 4.68. The average Bonchev–Trinajstić information content (AvgIpc) is 2.93. The molecule has 180 valence electrons. The van der Waals surface area contributed by atoms with Crippen molar-refractivity contribution < 1.29 is 9.90 Å². The highest BCUT2D eigenvalue weighted by molar-refractivity contribution is 6.25. The molecule has 0 bridgehead atoms. The zero-order valence-electron chi connectivity index (χ0n) is 20.5. The Bertz CT molecular complexity index is 1680. The molecule has 0 aromatic heterocycles. The molecule has 1 saturated carbocycles. The summed E-state index contributed by atoms with van der Waals surface area (Å²) in [7, 11) is 0. The molecule has 0 radical (unpaired) electrons. The average molecular weight is 482 g/mol. The molecule has 1 unspecified atom stereocenters. The number of aliphatic imine (C=N–C) groups is 1. The summed E-state index contributed by atoms with van der Waals surface area (Å²) < 4.78 is 0.